The van der Waals surface area contributed by atoms with E-state index in [1.165, 1.54) is 28.4 Å². The van der Waals surface area contributed by atoms with E-state index in [4.69, 9.17) is 18.9 Å². The Balaban J connectivity index is 2.94. The van der Waals surface area contributed by atoms with E-state index in [9.17, 15) is 4.79 Å². The van der Waals surface area contributed by atoms with Gasteiger partial charge in [-0.05, 0) is 5.56 Å². The van der Waals surface area contributed by atoms with Crippen molar-refractivity contribution >= 4 is 6.29 Å². The Hall–Kier alpha value is -2.69. The molecule has 0 unspecified atom stereocenters. The summed E-state index contributed by atoms with van der Waals surface area (Å²) in [6, 6.07) is 9.43. The van der Waals surface area contributed by atoms with Gasteiger partial charge in [0.25, 0.3) is 0 Å². The first kappa shape index (κ1) is 15.7. The third-order valence-corrected chi connectivity index (χ3v) is 3.36. The number of aldehydes is 1. The number of ether oxygens (including phenoxy) is 4. The van der Waals surface area contributed by atoms with E-state index in [0.29, 0.717) is 34.1 Å². The minimum atomic E-state index is 0.314. The molecule has 0 saturated heterocycles. The molecule has 0 N–H and O–H groups in total. The molecule has 0 amide bonds. The number of hydrogen-bond acceptors (Lipinski definition) is 5. The SMILES string of the molecule is COc1c(C=O)c(-c2ccccc2)c(OC)c(OC)c1OC. The minimum absolute atomic E-state index is 0.314. The Morgan fingerprint density at radius 3 is 1.68 bits per heavy atom. The lowest BCUT2D eigenvalue weighted by atomic mass is 9.97. The van der Waals surface area contributed by atoms with E-state index >= 15 is 0 Å². The first-order valence-electron chi connectivity index (χ1n) is 6.63. The van der Waals surface area contributed by atoms with Gasteiger partial charge in [0.05, 0.1) is 34.0 Å². The summed E-state index contributed by atoms with van der Waals surface area (Å²) in [4.78, 5) is 11.7. The second-order valence-electron chi connectivity index (χ2n) is 4.41. The van der Waals surface area contributed by atoms with Gasteiger partial charge in [0, 0.05) is 5.56 Å². The maximum atomic E-state index is 11.7. The number of hydrogen-bond donors (Lipinski definition) is 0. The van der Waals surface area contributed by atoms with Gasteiger partial charge in [-0.25, -0.2) is 0 Å². The fourth-order valence-electron chi connectivity index (χ4n) is 2.45. The van der Waals surface area contributed by atoms with Gasteiger partial charge in [-0.2, -0.15) is 0 Å². The van der Waals surface area contributed by atoms with E-state index in [1.54, 1.807) is 0 Å². The standard InChI is InChI=1S/C17H18O5/c1-19-14-12(10-18)13(11-8-6-5-7-9-11)15(20-2)17(22-4)16(14)21-3/h5-10H,1-4H3. The van der Waals surface area contributed by atoms with E-state index in [-0.39, 0.29) is 0 Å². The first-order valence-corrected chi connectivity index (χ1v) is 6.63. The molecule has 5 heteroatoms. The normalized spacial score (nSPS) is 10.0. The van der Waals surface area contributed by atoms with Crippen LogP contribution in [0.5, 0.6) is 23.0 Å². The first-order chi connectivity index (χ1) is 10.7. The molecule has 2 aromatic rings. The molecule has 0 spiro atoms. The third kappa shape index (κ3) is 2.45. The zero-order valence-corrected chi connectivity index (χ0v) is 13.0. The summed E-state index contributed by atoms with van der Waals surface area (Å²) >= 11 is 0. The lowest BCUT2D eigenvalue weighted by Gasteiger charge is -2.21. The average Bonchev–Trinajstić information content (AvgIpc) is 2.59. The van der Waals surface area contributed by atoms with Crippen LogP contribution in [0.1, 0.15) is 10.4 Å². The zero-order valence-electron chi connectivity index (χ0n) is 13.0. The molecule has 22 heavy (non-hydrogen) atoms. The van der Waals surface area contributed by atoms with Crippen molar-refractivity contribution in [1.29, 1.82) is 0 Å². The van der Waals surface area contributed by atoms with E-state index in [2.05, 4.69) is 0 Å². The summed E-state index contributed by atoms with van der Waals surface area (Å²) in [5.41, 5.74) is 1.77. The average molecular weight is 302 g/mol. The molecule has 0 bridgehead atoms. The summed E-state index contributed by atoms with van der Waals surface area (Å²) in [6.07, 6.45) is 0.728. The molecule has 0 fully saturated rings. The van der Waals surface area contributed by atoms with Crippen LogP contribution in [0, 0.1) is 0 Å². The molecule has 116 valence electrons. The third-order valence-electron chi connectivity index (χ3n) is 3.36. The van der Waals surface area contributed by atoms with Crippen molar-refractivity contribution in [2.45, 2.75) is 0 Å². The van der Waals surface area contributed by atoms with Crippen molar-refractivity contribution in [2.24, 2.45) is 0 Å². The number of carbonyl (C=O) groups excluding carboxylic acids is 1. The van der Waals surface area contributed by atoms with Gasteiger partial charge in [0.2, 0.25) is 11.5 Å². The van der Waals surface area contributed by atoms with Crippen LogP contribution in [0.15, 0.2) is 30.3 Å². The van der Waals surface area contributed by atoms with Crippen molar-refractivity contribution in [2.75, 3.05) is 28.4 Å². The number of rotatable bonds is 6. The topological polar surface area (TPSA) is 54.0 Å². The molecular formula is C17H18O5. The smallest absolute Gasteiger partial charge is 0.208 e. The highest BCUT2D eigenvalue weighted by Gasteiger charge is 2.27. The van der Waals surface area contributed by atoms with E-state index in [1.807, 2.05) is 30.3 Å². The molecule has 0 aliphatic heterocycles. The van der Waals surface area contributed by atoms with Gasteiger partial charge >= 0.3 is 0 Å². The molecule has 0 heterocycles. The molecule has 2 aromatic carbocycles. The van der Waals surface area contributed by atoms with Gasteiger partial charge in [0.15, 0.2) is 17.8 Å². The van der Waals surface area contributed by atoms with Crippen LogP contribution >= 0.6 is 0 Å². The van der Waals surface area contributed by atoms with E-state index < -0.39 is 0 Å². The summed E-state index contributed by atoms with van der Waals surface area (Å²) in [7, 11) is 5.99. The highest BCUT2D eigenvalue weighted by molar-refractivity contribution is 5.97. The second-order valence-corrected chi connectivity index (χ2v) is 4.41. The lowest BCUT2D eigenvalue weighted by Crippen LogP contribution is -2.04. The van der Waals surface area contributed by atoms with Crippen LogP contribution < -0.4 is 18.9 Å². The van der Waals surface area contributed by atoms with Gasteiger partial charge in [-0.1, -0.05) is 30.3 Å². The van der Waals surface area contributed by atoms with Crippen LogP contribution in [0.4, 0.5) is 0 Å². The van der Waals surface area contributed by atoms with Crippen molar-refractivity contribution in [1.82, 2.24) is 0 Å². The number of carbonyl (C=O) groups is 1. The predicted octanol–water partition coefficient (Wildman–Crippen LogP) is 3.20. The monoisotopic (exact) mass is 302 g/mol. The molecule has 2 rings (SSSR count). The summed E-state index contributed by atoms with van der Waals surface area (Å²) < 4.78 is 21.6. The Morgan fingerprint density at radius 1 is 0.727 bits per heavy atom. The molecule has 5 nitrogen and oxygen atoms in total. The van der Waals surface area contributed by atoms with Crippen molar-refractivity contribution in [3.05, 3.63) is 35.9 Å². The Kier molecular flexibility index (Phi) is 4.88. The lowest BCUT2D eigenvalue weighted by molar-refractivity contribution is 0.112. The molecule has 0 atom stereocenters. The van der Waals surface area contributed by atoms with Crippen molar-refractivity contribution in [3.63, 3.8) is 0 Å². The quantitative estimate of drug-likeness (QED) is 0.767. The highest BCUT2D eigenvalue weighted by atomic mass is 16.5. The van der Waals surface area contributed by atoms with Crippen LogP contribution in [0.25, 0.3) is 11.1 Å². The van der Waals surface area contributed by atoms with Crippen LogP contribution in [0.2, 0.25) is 0 Å². The van der Waals surface area contributed by atoms with Crippen molar-refractivity contribution in [3.8, 4) is 34.1 Å². The van der Waals surface area contributed by atoms with Gasteiger partial charge in [-0.15, -0.1) is 0 Å². The van der Waals surface area contributed by atoms with Gasteiger partial charge in [0.1, 0.15) is 0 Å². The van der Waals surface area contributed by atoms with Crippen molar-refractivity contribution < 1.29 is 23.7 Å². The fraction of sp³-hybridized carbons (Fsp3) is 0.235. The summed E-state index contributed by atoms with van der Waals surface area (Å²) in [6.45, 7) is 0. The van der Waals surface area contributed by atoms with Gasteiger partial charge in [-0.3, -0.25) is 4.79 Å². The van der Waals surface area contributed by atoms with E-state index in [0.717, 1.165) is 11.8 Å². The molecule has 0 saturated carbocycles. The Bertz CT molecular complexity index is 665. The Labute approximate surface area is 129 Å². The van der Waals surface area contributed by atoms with Crippen LogP contribution in [-0.2, 0) is 0 Å². The zero-order chi connectivity index (χ0) is 16.1. The minimum Gasteiger partial charge on any atom is -0.492 e. The molecule has 0 aliphatic carbocycles. The Morgan fingerprint density at radius 2 is 1.23 bits per heavy atom. The number of benzene rings is 2. The summed E-state index contributed by atoms with van der Waals surface area (Å²) in [5, 5.41) is 0. The van der Waals surface area contributed by atoms with Gasteiger partial charge < -0.3 is 18.9 Å². The molecular weight excluding hydrogens is 284 g/mol. The second kappa shape index (κ2) is 6.85. The fourth-order valence-corrected chi connectivity index (χ4v) is 2.45. The number of methoxy groups -OCH3 is 4. The maximum Gasteiger partial charge on any atom is 0.208 e. The highest BCUT2D eigenvalue weighted by Crippen LogP contribution is 2.52. The predicted molar refractivity (Wildman–Crippen MR) is 83.5 cm³/mol. The molecule has 0 aliphatic rings. The van der Waals surface area contributed by atoms with Crippen LogP contribution in [0.3, 0.4) is 0 Å². The summed E-state index contributed by atoms with van der Waals surface area (Å²) in [5.74, 6) is 1.44. The maximum absolute atomic E-state index is 11.7. The van der Waals surface area contributed by atoms with Crippen LogP contribution in [-0.4, -0.2) is 34.7 Å². The molecule has 0 radical (unpaired) electrons. The largest absolute Gasteiger partial charge is 0.492 e. The molecule has 0 aromatic heterocycles.